The molecule has 0 unspecified atom stereocenters. The highest BCUT2D eigenvalue weighted by molar-refractivity contribution is 7.99. The summed E-state index contributed by atoms with van der Waals surface area (Å²) in [5.74, 6) is 1.90. The minimum absolute atomic E-state index is 0.584. The van der Waals surface area contributed by atoms with Crippen LogP contribution in [-0.2, 0) is 5.41 Å². The molecule has 1 aliphatic heterocycles. The number of benzene rings is 7. The van der Waals surface area contributed by atoms with Gasteiger partial charge >= 0.3 is 0 Å². The fraction of sp³-hybridized carbons (Fsp3) is 0.0213. The highest BCUT2D eigenvalue weighted by atomic mass is 32.2. The number of hydrogen-bond acceptors (Lipinski definition) is 5. The molecule has 0 fully saturated rings. The predicted octanol–water partition coefficient (Wildman–Crippen LogP) is 11.2. The maximum Gasteiger partial charge on any atom is 0.164 e. The molecule has 0 amide bonds. The van der Waals surface area contributed by atoms with E-state index in [4.69, 9.17) is 15.0 Å². The first-order chi connectivity index (χ1) is 25.7. The van der Waals surface area contributed by atoms with Crippen LogP contribution in [0, 0.1) is 11.3 Å². The SMILES string of the molecule is N#Cc1ccc(-c2cccc3c2-c2ccc(-c4nc(-c5ccccc5)nc(-c5ccccc5)n4)cc2C32c3ccccc3Sc3ccccc32)cc1. The zero-order chi connectivity index (χ0) is 34.6. The summed E-state index contributed by atoms with van der Waals surface area (Å²) < 4.78 is 0. The summed E-state index contributed by atoms with van der Waals surface area (Å²) in [5.41, 5.74) is 12.4. The molecular weight excluding hydrogens is 653 g/mol. The number of nitrogens with zero attached hydrogens (tertiary/aromatic N) is 4. The summed E-state index contributed by atoms with van der Waals surface area (Å²) in [4.78, 5) is 17.7. The molecule has 0 bridgehead atoms. The maximum atomic E-state index is 9.55. The van der Waals surface area contributed by atoms with Crippen molar-refractivity contribution in [2.75, 3.05) is 0 Å². The van der Waals surface area contributed by atoms with Crippen LogP contribution < -0.4 is 0 Å². The van der Waals surface area contributed by atoms with E-state index < -0.39 is 5.41 Å². The smallest absolute Gasteiger partial charge is 0.164 e. The third-order valence-electron chi connectivity index (χ3n) is 10.2. The van der Waals surface area contributed by atoms with Crippen LogP contribution in [0.15, 0.2) is 180 Å². The first-order valence-electron chi connectivity index (χ1n) is 17.3. The van der Waals surface area contributed by atoms with E-state index in [1.54, 1.807) is 0 Å². The van der Waals surface area contributed by atoms with Gasteiger partial charge in [0.25, 0.3) is 0 Å². The van der Waals surface area contributed by atoms with Gasteiger partial charge in [0.1, 0.15) is 0 Å². The van der Waals surface area contributed by atoms with Gasteiger partial charge in [0, 0.05) is 26.5 Å². The van der Waals surface area contributed by atoms with Crippen molar-refractivity contribution in [3.63, 3.8) is 0 Å². The number of rotatable bonds is 4. The number of fused-ring (bicyclic) bond motifs is 9. The maximum absolute atomic E-state index is 9.55. The molecule has 0 radical (unpaired) electrons. The third kappa shape index (κ3) is 4.59. The molecule has 0 N–H and O–H groups in total. The van der Waals surface area contributed by atoms with Gasteiger partial charge in [0.2, 0.25) is 0 Å². The molecule has 1 aliphatic carbocycles. The first-order valence-corrected chi connectivity index (χ1v) is 18.1. The molecule has 0 atom stereocenters. The third-order valence-corrected chi connectivity index (χ3v) is 11.4. The van der Waals surface area contributed by atoms with Crippen molar-refractivity contribution in [3.05, 3.63) is 198 Å². The zero-order valence-electron chi connectivity index (χ0n) is 27.9. The molecule has 5 heteroatoms. The molecular formula is C47H28N4S. The molecule has 7 aromatic carbocycles. The Morgan fingerprint density at radius 3 is 1.54 bits per heavy atom. The Morgan fingerprint density at radius 1 is 0.423 bits per heavy atom. The van der Waals surface area contributed by atoms with Crippen molar-refractivity contribution in [1.29, 1.82) is 5.26 Å². The van der Waals surface area contributed by atoms with Crippen molar-refractivity contribution in [1.82, 2.24) is 15.0 Å². The quantitative estimate of drug-likeness (QED) is 0.185. The van der Waals surface area contributed by atoms with Gasteiger partial charge in [0.05, 0.1) is 17.0 Å². The lowest BCUT2D eigenvalue weighted by Crippen LogP contribution is -2.32. The highest BCUT2D eigenvalue weighted by Gasteiger charge is 2.51. The highest BCUT2D eigenvalue weighted by Crippen LogP contribution is 2.63. The average Bonchev–Trinajstić information content (AvgIpc) is 3.51. The standard InChI is InChI=1S/C47H28N4S/c48-29-30-22-24-31(25-23-30)35-16-11-19-39-43(35)36-27-26-34(28-40(36)47(39)37-17-7-9-20-41(37)52-42-21-10-8-18-38(42)47)46-50-44(32-12-3-1-4-13-32)49-45(51-46)33-14-5-2-6-15-33/h1-28H. The molecule has 1 aromatic heterocycles. The predicted molar refractivity (Wildman–Crippen MR) is 208 cm³/mol. The summed E-state index contributed by atoms with van der Waals surface area (Å²) >= 11 is 1.83. The van der Waals surface area contributed by atoms with Crippen LogP contribution in [0.3, 0.4) is 0 Å². The van der Waals surface area contributed by atoms with E-state index in [9.17, 15) is 5.26 Å². The van der Waals surface area contributed by atoms with Crippen molar-refractivity contribution >= 4 is 11.8 Å². The minimum Gasteiger partial charge on any atom is -0.208 e. The molecule has 0 saturated heterocycles. The van der Waals surface area contributed by atoms with Gasteiger partial charge in [0.15, 0.2) is 17.5 Å². The molecule has 2 heterocycles. The van der Waals surface area contributed by atoms with E-state index in [-0.39, 0.29) is 0 Å². The van der Waals surface area contributed by atoms with E-state index >= 15 is 0 Å². The van der Waals surface area contributed by atoms with E-state index in [1.165, 1.54) is 43.2 Å². The lowest BCUT2D eigenvalue weighted by Gasteiger charge is -2.39. The molecule has 242 valence electrons. The fourth-order valence-electron chi connectivity index (χ4n) is 7.99. The number of nitriles is 1. The average molecular weight is 681 g/mol. The Bertz CT molecular complexity index is 2610. The monoisotopic (exact) mass is 680 g/mol. The normalized spacial score (nSPS) is 13.1. The Labute approximate surface area is 306 Å². The second kappa shape index (κ2) is 12.0. The van der Waals surface area contributed by atoms with E-state index in [2.05, 4.69) is 103 Å². The van der Waals surface area contributed by atoms with E-state index in [1.807, 2.05) is 84.6 Å². The van der Waals surface area contributed by atoms with Crippen LogP contribution >= 0.6 is 11.8 Å². The second-order valence-electron chi connectivity index (χ2n) is 13.1. The molecule has 8 aromatic rings. The van der Waals surface area contributed by atoms with Crippen LogP contribution in [0.4, 0.5) is 0 Å². The van der Waals surface area contributed by atoms with E-state index in [0.29, 0.717) is 23.0 Å². The van der Waals surface area contributed by atoms with Crippen molar-refractivity contribution in [3.8, 4) is 62.5 Å². The Kier molecular flexibility index (Phi) is 6.99. The van der Waals surface area contributed by atoms with Crippen molar-refractivity contribution in [2.24, 2.45) is 0 Å². The molecule has 10 rings (SSSR count). The molecule has 4 nitrogen and oxygen atoms in total. The largest absolute Gasteiger partial charge is 0.208 e. The van der Waals surface area contributed by atoms with Gasteiger partial charge in [-0.05, 0) is 74.8 Å². The lowest BCUT2D eigenvalue weighted by atomic mass is 9.67. The molecule has 1 spiro atoms. The summed E-state index contributed by atoms with van der Waals surface area (Å²) in [6.07, 6.45) is 0. The van der Waals surface area contributed by atoms with Crippen LogP contribution in [0.5, 0.6) is 0 Å². The Hall–Kier alpha value is -6.61. The minimum atomic E-state index is -0.584. The van der Waals surface area contributed by atoms with Gasteiger partial charge in [-0.1, -0.05) is 151 Å². The first kappa shape index (κ1) is 30.2. The number of hydrogen-bond donors (Lipinski definition) is 0. The summed E-state index contributed by atoms with van der Waals surface area (Å²) in [6.45, 7) is 0. The van der Waals surface area contributed by atoms with Gasteiger partial charge < -0.3 is 0 Å². The molecule has 2 aliphatic rings. The van der Waals surface area contributed by atoms with Gasteiger partial charge in [-0.25, -0.2) is 15.0 Å². The van der Waals surface area contributed by atoms with Crippen LogP contribution in [0.2, 0.25) is 0 Å². The summed E-state index contributed by atoms with van der Waals surface area (Å²) in [7, 11) is 0. The van der Waals surface area contributed by atoms with Crippen molar-refractivity contribution in [2.45, 2.75) is 15.2 Å². The fourth-order valence-corrected chi connectivity index (χ4v) is 9.18. The van der Waals surface area contributed by atoms with Gasteiger partial charge in [-0.2, -0.15) is 5.26 Å². The Balaban J connectivity index is 1.28. The van der Waals surface area contributed by atoms with Crippen molar-refractivity contribution < 1.29 is 0 Å². The van der Waals surface area contributed by atoms with Crippen LogP contribution in [0.25, 0.3) is 56.4 Å². The topological polar surface area (TPSA) is 62.5 Å². The Morgan fingerprint density at radius 2 is 0.942 bits per heavy atom. The molecule has 0 saturated carbocycles. The van der Waals surface area contributed by atoms with Crippen LogP contribution in [-0.4, -0.2) is 15.0 Å². The van der Waals surface area contributed by atoms with E-state index in [0.717, 1.165) is 27.8 Å². The van der Waals surface area contributed by atoms with Crippen LogP contribution in [0.1, 0.15) is 27.8 Å². The second-order valence-corrected chi connectivity index (χ2v) is 14.1. The lowest BCUT2D eigenvalue weighted by molar-refractivity contribution is 0.722. The summed E-state index contributed by atoms with van der Waals surface area (Å²) in [6, 6.07) is 61.5. The van der Waals surface area contributed by atoms with Gasteiger partial charge in [-0.15, -0.1) is 0 Å². The summed E-state index contributed by atoms with van der Waals surface area (Å²) in [5, 5.41) is 9.55. The number of aromatic nitrogens is 3. The molecule has 52 heavy (non-hydrogen) atoms. The zero-order valence-corrected chi connectivity index (χ0v) is 28.7. The van der Waals surface area contributed by atoms with Gasteiger partial charge in [-0.3, -0.25) is 0 Å².